The average molecular weight is 494 g/mol. The van der Waals surface area contributed by atoms with E-state index in [9.17, 15) is 9.59 Å². The van der Waals surface area contributed by atoms with E-state index < -0.39 is 0 Å². The maximum atomic E-state index is 13.7. The third-order valence-electron chi connectivity index (χ3n) is 7.40. The molecule has 1 unspecified atom stereocenters. The molecular formula is C32H35N3O2. The predicted octanol–water partition coefficient (Wildman–Crippen LogP) is 5.90. The van der Waals surface area contributed by atoms with Gasteiger partial charge in [0.05, 0.1) is 6.04 Å². The Hall–Kier alpha value is -3.86. The lowest BCUT2D eigenvalue weighted by Crippen LogP contribution is -2.43. The first-order valence-electron chi connectivity index (χ1n) is 13.4. The highest BCUT2D eigenvalue weighted by Gasteiger charge is 2.34. The summed E-state index contributed by atoms with van der Waals surface area (Å²) in [7, 11) is 0. The summed E-state index contributed by atoms with van der Waals surface area (Å²) in [6.07, 6.45) is 3.25. The van der Waals surface area contributed by atoms with Gasteiger partial charge in [0.15, 0.2) is 0 Å². The van der Waals surface area contributed by atoms with Gasteiger partial charge in [-0.2, -0.15) is 0 Å². The van der Waals surface area contributed by atoms with E-state index in [0.717, 1.165) is 36.0 Å². The number of hydrogen-bond donors (Lipinski definition) is 1. The lowest BCUT2D eigenvalue weighted by Gasteiger charge is -2.37. The highest BCUT2D eigenvalue weighted by Crippen LogP contribution is 2.38. The van der Waals surface area contributed by atoms with Crippen LogP contribution in [-0.2, 0) is 22.4 Å². The molecule has 5 rings (SSSR count). The van der Waals surface area contributed by atoms with E-state index in [1.54, 1.807) is 0 Å². The minimum atomic E-state index is -0.158. The molecule has 2 amide bonds. The fraction of sp³-hybridized carbons (Fsp3) is 0.312. The zero-order chi connectivity index (χ0) is 25.6. The molecule has 0 spiro atoms. The zero-order valence-corrected chi connectivity index (χ0v) is 21.5. The molecule has 0 bridgehead atoms. The highest BCUT2D eigenvalue weighted by molar-refractivity contribution is 5.87. The van der Waals surface area contributed by atoms with Gasteiger partial charge in [-0.25, -0.2) is 0 Å². The molecule has 190 valence electrons. The summed E-state index contributed by atoms with van der Waals surface area (Å²) < 4.78 is 0. The van der Waals surface area contributed by atoms with Crippen LogP contribution in [0.4, 0.5) is 0 Å². The van der Waals surface area contributed by atoms with Crippen molar-refractivity contribution in [1.82, 2.24) is 14.8 Å². The molecule has 4 aromatic rings. The second-order valence-corrected chi connectivity index (χ2v) is 9.83. The van der Waals surface area contributed by atoms with E-state index in [1.807, 2.05) is 59.2 Å². The minimum absolute atomic E-state index is 0.0900. The van der Waals surface area contributed by atoms with Crippen LogP contribution in [0.25, 0.3) is 10.9 Å². The van der Waals surface area contributed by atoms with Crippen LogP contribution in [0.3, 0.4) is 0 Å². The number of carbonyl (C=O) groups is 2. The summed E-state index contributed by atoms with van der Waals surface area (Å²) in [6.45, 7) is 3.77. The van der Waals surface area contributed by atoms with Crippen molar-refractivity contribution in [2.75, 3.05) is 19.6 Å². The van der Waals surface area contributed by atoms with Crippen LogP contribution < -0.4 is 0 Å². The van der Waals surface area contributed by atoms with Crippen LogP contribution in [0.2, 0.25) is 0 Å². The van der Waals surface area contributed by atoms with E-state index >= 15 is 0 Å². The molecule has 0 saturated carbocycles. The number of nitrogens with zero attached hydrogens (tertiary/aromatic N) is 2. The second kappa shape index (κ2) is 11.5. The molecule has 0 fully saturated rings. The number of fused-ring (bicyclic) bond motifs is 3. The molecular weight excluding hydrogens is 458 g/mol. The Morgan fingerprint density at radius 2 is 1.59 bits per heavy atom. The molecule has 1 atom stereocenters. The predicted molar refractivity (Wildman–Crippen MR) is 148 cm³/mol. The quantitative estimate of drug-likeness (QED) is 0.315. The Balaban J connectivity index is 1.36. The van der Waals surface area contributed by atoms with Crippen LogP contribution >= 0.6 is 0 Å². The number of hydrogen-bond acceptors (Lipinski definition) is 2. The summed E-state index contributed by atoms with van der Waals surface area (Å²) in [5.74, 6) is 0.217. The van der Waals surface area contributed by atoms with Crippen LogP contribution in [0, 0.1) is 0 Å². The van der Waals surface area contributed by atoms with Gasteiger partial charge in [0, 0.05) is 49.1 Å². The maximum Gasteiger partial charge on any atom is 0.225 e. The lowest BCUT2D eigenvalue weighted by molar-refractivity contribution is -0.135. The summed E-state index contributed by atoms with van der Waals surface area (Å²) >= 11 is 0. The number of amides is 2. The van der Waals surface area contributed by atoms with Crippen LogP contribution in [-0.4, -0.2) is 46.2 Å². The van der Waals surface area contributed by atoms with Gasteiger partial charge in [-0.3, -0.25) is 9.59 Å². The van der Waals surface area contributed by atoms with Crippen molar-refractivity contribution >= 4 is 22.7 Å². The van der Waals surface area contributed by atoms with Crippen LogP contribution in [0.5, 0.6) is 0 Å². The smallest absolute Gasteiger partial charge is 0.225 e. The Morgan fingerprint density at radius 1 is 0.892 bits per heavy atom. The molecule has 5 heteroatoms. The molecule has 0 saturated heterocycles. The first-order valence-corrected chi connectivity index (χ1v) is 13.4. The topological polar surface area (TPSA) is 56.4 Å². The Morgan fingerprint density at radius 3 is 2.35 bits per heavy atom. The molecule has 3 aromatic carbocycles. The van der Waals surface area contributed by atoms with Gasteiger partial charge < -0.3 is 14.8 Å². The van der Waals surface area contributed by atoms with Crippen molar-refractivity contribution in [2.24, 2.45) is 0 Å². The van der Waals surface area contributed by atoms with Gasteiger partial charge >= 0.3 is 0 Å². The lowest BCUT2D eigenvalue weighted by atomic mass is 9.92. The molecule has 0 radical (unpaired) electrons. The van der Waals surface area contributed by atoms with E-state index in [-0.39, 0.29) is 17.9 Å². The van der Waals surface area contributed by atoms with Gasteiger partial charge in [-0.15, -0.1) is 0 Å². The number of benzene rings is 3. The van der Waals surface area contributed by atoms with Crippen molar-refractivity contribution in [1.29, 1.82) is 0 Å². The number of para-hydroxylation sites is 1. The largest absolute Gasteiger partial charge is 0.356 e. The van der Waals surface area contributed by atoms with Gasteiger partial charge in [0.2, 0.25) is 11.8 Å². The molecule has 1 aliphatic heterocycles. The van der Waals surface area contributed by atoms with Gasteiger partial charge in [-0.05, 0) is 42.0 Å². The SMILES string of the molecule is CCCC(=O)N(CCC(=O)N1CCc2c([nH]c3ccccc23)C1c1ccccc1)CCc1ccccc1. The van der Waals surface area contributed by atoms with Gasteiger partial charge in [0.1, 0.15) is 0 Å². The van der Waals surface area contributed by atoms with E-state index in [4.69, 9.17) is 0 Å². The fourth-order valence-corrected chi connectivity index (χ4v) is 5.51. The second-order valence-electron chi connectivity index (χ2n) is 9.83. The van der Waals surface area contributed by atoms with Crippen molar-refractivity contribution in [3.8, 4) is 0 Å². The zero-order valence-electron chi connectivity index (χ0n) is 21.5. The van der Waals surface area contributed by atoms with E-state index in [2.05, 4.69) is 47.4 Å². The number of carbonyl (C=O) groups excluding carboxylic acids is 2. The molecule has 1 aliphatic rings. The Kier molecular flexibility index (Phi) is 7.69. The Bertz CT molecular complexity index is 1350. The summed E-state index contributed by atoms with van der Waals surface area (Å²) in [6, 6.07) is 28.7. The standard InChI is InChI=1S/C32H35N3O2/c1-2-11-29(36)34(21-18-24-12-5-3-6-13-24)22-20-30(37)35-23-19-27-26-16-9-10-17-28(26)33-31(27)32(35)25-14-7-4-8-15-25/h3-10,12-17,32-33H,2,11,18-23H2,1H3. The van der Waals surface area contributed by atoms with Gasteiger partial charge in [0.25, 0.3) is 0 Å². The van der Waals surface area contributed by atoms with Crippen molar-refractivity contribution < 1.29 is 9.59 Å². The number of nitrogens with one attached hydrogen (secondary N) is 1. The highest BCUT2D eigenvalue weighted by atomic mass is 16.2. The monoisotopic (exact) mass is 493 g/mol. The number of aromatic amines is 1. The third-order valence-corrected chi connectivity index (χ3v) is 7.40. The number of aromatic nitrogens is 1. The van der Waals surface area contributed by atoms with Gasteiger partial charge in [-0.1, -0.05) is 85.8 Å². The van der Waals surface area contributed by atoms with E-state index in [0.29, 0.717) is 32.5 Å². The molecule has 0 aliphatic carbocycles. The molecule has 1 aromatic heterocycles. The summed E-state index contributed by atoms with van der Waals surface area (Å²) in [4.78, 5) is 34.2. The first-order chi connectivity index (χ1) is 18.2. The first kappa shape index (κ1) is 24.8. The van der Waals surface area contributed by atoms with Crippen molar-refractivity contribution in [2.45, 2.75) is 45.1 Å². The third kappa shape index (κ3) is 5.46. The van der Waals surface area contributed by atoms with E-state index in [1.165, 1.54) is 16.5 Å². The maximum absolute atomic E-state index is 13.7. The Labute approximate surface area is 219 Å². The van der Waals surface area contributed by atoms with Crippen LogP contribution in [0.15, 0.2) is 84.9 Å². The normalized spacial score (nSPS) is 14.9. The van der Waals surface area contributed by atoms with Crippen molar-refractivity contribution in [3.63, 3.8) is 0 Å². The molecule has 1 N–H and O–H groups in total. The fourth-order valence-electron chi connectivity index (χ4n) is 5.51. The summed E-state index contributed by atoms with van der Waals surface area (Å²) in [5, 5.41) is 1.24. The van der Waals surface area contributed by atoms with Crippen LogP contribution in [0.1, 0.15) is 54.6 Å². The average Bonchev–Trinajstić information content (AvgIpc) is 3.32. The molecule has 5 nitrogen and oxygen atoms in total. The molecule has 2 heterocycles. The summed E-state index contributed by atoms with van der Waals surface area (Å²) in [5.41, 5.74) is 5.83. The molecule has 37 heavy (non-hydrogen) atoms. The van der Waals surface area contributed by atoms with Crippen molar-refractivity contribution in [3.05, 3.63) is 107 Å². The number of H-pyrrole nitrogens is 1. The number of rotatable bonds is 9. The minimum Gasteiger partial charge on any atom is -0.356 e.